The zero-order valence-electron chi connectivity index (χ0n) is 12.6. The van der Waals surface area contributed by atoms with Crippen molar-refractivity contribution in [2.24, 2.45) is 0 Å². The first-order valence-corrected chi connectivity index (χ1v) is 7.27. The smallest absolute Gasteiger partial charge is 0.339 e. The van der Waals surface area contributed by atoms with Crippen molar-refractivity contribution in [3.63, 3.8) is 0 Å². The van der Waals surface area contributed by atoms with Gasteiger partial charge in [-0.05, 0) is 30.3 Å². The van der Waals surface area contributed by atoms with Crippen molar-refractivity contribution in [3.8, 4) is 0 Å². The number of carbonyl (C=O) groups excluding carboxylic acids is 3. The zero-order chi connectivity index (χ0) is 17.6. The predicted octanol–water partition coefficient (Wildman–Crippen LogP) is 2.26. The molecule has 1 aliphatic rings. The van der Waals surface area contributed by atoms with Gasteiger partial charge in [0, 0.05) is 5.39 Å². The minimum Gasteiger partial charge on any atom is -0.356 e. The summed E-state index contributed by atoms with van der Waals surface area (Å²) in [4.78, 5) is 41.3. The van der Waals surface area contributed by atoms with Crippen molar-refractivity contribution in [1.82, 2.24) is 10.2 Å². The average molecular weight is 340 g/mol. The summed E-state index contributed by atoms with van der Waals surface area (Å²) in [6.07, 6.45) is -0.385. The van der Waals surface area contributed by atoms with E-state index in [2.05, 4.69) is 5.16 Å². The van der Waals surface area contributed by atoms with Gasteiger partial charge >= 0.3 is 5.97 Å². The molecule has 0 aliphatic carbocycles. The van der Waals surface area contributed by atoms with Crippen LogP contribution in [0.2, 0.25) is 0 Å². The highest BCUT2D eigenvalue weighted by molar-refractivity contribution is 6.20. The first kappa shape index (κ1) is 15.0. The minimum absolute atomic E-state index is 0.149. The molecule has 25 heavy (non-hydrogen) atoms. The summed E-state index contributed by atoms with van der Waals surface area (Å²) in [5.74, 6) is -2.84. The Morgan fingerprint density at radius 1 is 1.12 bits per heavy atom. The minimum atomic E-state index is -0.894. The summed E-state index contributed by atoms with van der Waals surface area (Å²) < 4.78 is 18.3. The molecule has 124 valence electrons. The molecule has 0 unspecified atom stereocenters. The fourth-order valence-electron chi connectivity index (χ4n) is 2.61. The van der Waals surface area contributed by atoms with Crippen LogP contribution in [0, 0.1) is 5.82 Å². The van der Waals surface area contributed by atoms with Crippen LogP contribution >= 0.6 is 0 Å². The van der Waals surface area contributed by atoms with Crippen LogP contribution < -0.4 is 0 Å². The average Bonchev–Trinajstić information content (AvgIpc) is 3.10. The number of hydrogen-bond acceptors (Lipinski definition) is 6. The Labute approximate surface area is 139 Å². The molecule has 0 spiro atoms. The lowest BCUT2D eigenvalue weighted by molar-refractivity contribution is -0.167. The first-order valence-electron chi connectivity index (χ1n) is 7.27. The van der Waals surface area contributed by atoms with E-state index in [0.717, 1.165) is 0 Å². The fraction of sp³-hybridized carbons (Fsp3) is 0.0588. The van der Waals surface area contributed by atoms with Crippen LogP contribution in [0.15, 0.2) is 47.0 Å². The molecule has 0 N–H and O–H groups in total. The number of hydroxylamine groups is 2. The molecule has 1 aromatic heterocycles. The molecule has 0 bridgehead atoms. The second kappa shape index (κ2) is 5.52. The van der Waals surface area contributed by atoms with E-state index in [1.54, 1.807) is 12.1 Å². The molecule has 0 saturated heterocycles. The second-order valence-electron chi connectivity index (χ2n) is 5.36. The Morgan fingerprint density at radius 2 is 1.80 bits per heavy atom. The van der Waals surface area contributed by atoms with Crippen molar-refractivity contribution in [2.75, 3.05) is 0 Å². The van der Waals surface area contributed by atoms with Gasteiger partial charge in [-0.25, -0.2) is 9.18 Å². The molecule has 0 fully saturated rings. The van der Waals surface area contributed by atoms with Gasteiger partial charge in [-0.1, -0.05) is 22.4 Å². The number of hydrogen-bond donors (Lipinski definition) is 0. The summed E-state index contributed by atoms with van der Waals surface area (Å²) in [6, 6.07) is 9.91. The van der Waals surface area contributed by atoms with Gasteiger partial charge in [0.15, 0.2) is 5.58 Å². The molecular weight excluding hydrogens is 331 g/mol. The molecular formula is C17H9FN2O5. The molecule has 8 heteroatoms. The van der Waals surface area contributed by atoms with Crippen LogP contribution in [-0.4, -0.2) is 28.0 Å². The standard InChI is InChI=1S/C17H9FN2O5/c18-9-5-6-14-12(7-9)13(19-24-14)8-15(21)25-20-16(22)10-3-1-2-4-11(10)17(20)23/h1-7H,8H2. The molecule has 3 aromatic rings. The summed E-state index contributed by atoms with van der Waals surface area (Å²) in [6.45, 7) is 0. The Hall–Kier alpha value is -3.55. The van der Waals surface area contributed by atoms with Crippen molar-refractivity contribution < 1.29 is 28.1 Å². The third kappa shape index (κ3) is 2.44. The van der Waals surface area contributed by atoms with Crippen molar-refractivity contribution >= 4 is 28.8 Å². The lowest BCUT2D eigenvalue weighted by Gasteiger charge is -2.12. The van der Waals surface area contributed by atoms with E-state index in [0.29, 0.717) is 16.0 Å². The van der Waals surface area contributed by atoms with Gasteiger partial charge in [0.2, 0.25) is 0 Å². The molecule has 2 amide bonds. The highest BCUT2D eigenvalue weighted by Crippen LogP contribution is 2.24. The van der Waals surface area contributed by atoms with E-state index in [9.17, 15) is 18.8 Å². The van der Waals surface area contributed by atoms with Gasteiger partial charge in [-0.2, -0.15) is 0 Å². The molecule has 2 aromatic carbocycles. The van der Waals surface area contributed by atoms with E-state index in [1.807, 2.05) is 0 Å². The first-order chi connectivity index (χ1) is 12.0. The SMILES string of the molecule is O=C(Cc1noc2ccc(F)cc12)ON1C(=O)c2ccccc2C1=O. The predicted molar refractivity (Wildman–Crippen MR) is 80.7 cm³/mol. The summed E-state index contributed by atoms with van der Waals surface area (Å²) in [5, 5.41) is 4.43. The van der Waals surface area contributed by atoms with Gasteiger partial charge < -0.3 is 9.36 Å². The van der Waals surface area contributed by atoms with E-state index < -0.39 is 23.6 Å². The Kier molecular flexibility index (Phi) is 3.31. The molecule has 2 heterocycles. The molecule has 0 saturated carbocycles. The quantitative estimate of drug-likeness (QED) is 0.680. The van der Waals surface area contributed by atoms with Gasteiger partial charge in [-0.15, -0.1) is 0 Å². The van der Waals surface area contributed by atoms with E-state index in [4.69, 9.17) is 9.36 Å². The number of carbonyl (C=O) groups is 3. The van der Waals surface area contributed by atoms with Gasteiger partial charge in [0.1, 0.15) is 11.5 Å². The Morgan fingerprint density at radius 3 is 2.48 bits per heavy atom. The molecule has 1 aliphatic heterocycles. The second-order valence-corrected chi connectivity index (χ2v) is 5.36. The summed E-state index contributed by atoms with van der Waals surface area (Å²) in [7, 11) is 0. The molecule has 7 nitrogen and oxygen atoms in total. The van der Waals surface area contributed by atoms with Gasteiger partial charge in [0.05, 0.1) is 17.5 Å². The number of amides is 2. The third-order valence-electron chi connectivity index (χ3n) is 3.77. The third-order valence-corrected chi connectivity index (χ3v) is 3.77. The number of rotatable bonds is 3. The largest absolute Gasteiger partial charge is 0.356 e. The number of halogens is 1. The Bertz CT molecular complexity index is 1010. The van der Waals surface area contributed by atoms with E-state index >= 15 is 0 Å². The topological polar surface area (TPSA) is 89.7 Å². The fourth-order valence-corrected chi connectivity index (χ4v) is 2.61. The van der Waals surface area contributed by atoms with E-state index in [1.165, 1.54) is 30.3 Å². The van der Waals surface area contributed by atoms with Crippen molar-refractivity contribution in [2.45, 2.75) is 6.42 Å². The highest BCUT2D eigenvalue weighted by atomic mass is 19.1. The van der Waals surface area contributed by atoms with Gasteiger partial charge in [-0.3, -0.25) is 9.59 Å². The van der Waals surface area contributed by atoms with Crippen LogP contribution in [0.5, 0.6) is 0 Å². The lowest BCUT2D eigenvalue weighted by atomic mass is 10.1. The van der Waals surface area contributed by atoms with Gasteiger partial charge in [0.25, 0.3) is 11.8 Å². The summed E-state index contributed by atoms with van der Waals surface area (Å²) >= 11 is 0. The van der Waals surface area contributed by atoms with Crippen molar-refractivity contribution in [1.29, 1.82) is 0 Å². The maximum atomic E-state index is 13.3. The molecule has 4 rings (SSSR count). The number of aromatic nitrogens is 1. The summed E-state index contributed by atoms with van der Waals surface area (Å²) in [5.41, 5.74) is 0.782. The van der Waals surface area contributed by atoms with Crippen LogP contribution in [0.4, 0.5) is 4.39 Å². The van der Waals surface area contributed by atoms with Crippen LogP contribution in [0.3, 0.4) is 0 Å². The number of imide groups is 1. The maximum absolute atomic E-state index is 13.3. The number of benzene rings is 2. The van der Waals surface area contributed by atoms with Crippen LogP contribution in [0.1, 0.15) is 26.4 Å². The van der Waals surface area contributed by atoms with Crippen molar-refractivity contribution in [3.05, 3.63) is 65.1 Å². The maximum Gasteiger partial charge on any atom is 0.339 e. The Balaban J connectivity index is 1.54. The monoisotopic (exact) mass is 340 g/mol. The number of fused-ring (bicyclic) bond motifs is 2. The normalized spacial score (nSPS) is 13.4. The van der Waals surface area contributed by atoms with E-state index in [-0.39, 0.29) is 23.2 Å². The zero-order valence-corrected chi connectivity index (χ0v) is 12.6. The molecule has 0 radical (unpaired) electrons. The lowest BCUT2D eigenvalue weighted by Crippen LogP contribution is -2.33. The van der Waals surface area contributed by atoms with Crippen LogP contribution in [-0.2, 0) is 16.1 Å². The highest BCUT2D eigenvalue weighted by Gasteiger charge is 2.38. The number of nitrogens with zero attached hydrogens (tertiary/aromatic N) is 2. The molecule has 0 atom stereocenters. The van der Waals surface area contributed by atoms with Crippen LogP contribution in [0.25, 0.3) is 11.0 Å².